The number of rotatable bonds is 6. The van der Waals surface area contributed by atoms with Crippen LogP contribution < -0.4 is 10.1 Å². The molecule has 20 heavy (non-hydrogen) atoms. The third kappa shape index (κ3) is 3.73. The van der Waals surface area contributed by atoms with E-state index in [1.54, 1.807) is 18.4 Å². The fourth-order valence-electron chi connectivity index (χ4n) is 1.94. The van der Waals surface area contributed by atoms with Crippen LogP contribution >= 0.6 is 22.9 Å². The van der Waals surface area contributed by atoms with Gasteiger partial charge in [-0.1, -0.05) is 17.7 Å². The number of benzene rings is 1. The van der Waals surface area contributed by atoms with Gasteiger partial charge in [-0.3, -0.25) is 0 Å². The minimum Gasteiger partial charge on any atom is -0.495 e. The standard InChI is InChI=1S/C15H18ClNO2S/c1-15(18,12-5-6-20-9-12)10-17-8-11-3-4-14(19-2)13(16)7-11/h3-7,9,17-18H,8,10H2,1-2H3. The molecule has 1 unspecified atom stereocenters. The lowest BCUT2D eigenvalue weighted by molar-refractivity contribution is 0.0571. The first kappa shape index (κ1) is 15.3. The molecule has 0 amide bonds. The van der Waals surface area contributed by atoms with E-state index >= 15 is 0 Å². The van der Waals surface area contributed by atoms with Crippen LogP contribution in [0.4, 0.5) is 0 Å². The van der Waals surface area contributed by atoms with Crippen LogP contribution in [-0.4, -0.2) is 18.8 Å². The fraction of sp³-hybridized carbons (Fsp3) is 0.333. The molecule has 2 N–H and O–H groups in total. The van der Waals surface area contributed by atoms with Gasteiger partial charge < -0.3 is 15.2 Å². The molecule has 0 saturated heterocycles. The van der Waals surface area contributed by atoms with Crippen molar-refractivity contribution in [2.75, 3.05) is 13.7 Å². The molecule has 0 aliphatic rings. The van der Waals surface area contributed by atoms with Crippen molar-refractivity contribution in [3.05, 3.63) is 51.2 Å². The summed E-state index contributed by atoms with van der Waals surface area (Å²) in [6.07, 6.45) is 0. The fourth-order valence-corrected chi connectivity index (χ4v) is 3.01. The summed E-state index contributed by atoms with van der Waals surface area (Å²) in [5.41, 5.74) is 1.12. The SMILES string of the molecule is COc1ccc(CNCC(C)(O)c2ccsc2)cc1Cl. The van der Waals surface area contributed by atoms with Gasteiger partial charge in [0.2, 0.25) is 0 Å². The molecule has 0 aliphatic heterocycles. The van der Waals surface area contributed by atoms with Crippen LogP contribution in [0.1, 0.15) is 18.1 Å². The zero-order valence-electron chi connectivity index (χ0n) is 11.5. The normalized spacial score (nSPS) is 14.0. The summed E-state index contributed by atoms with van der Waals surface area (Å²) >= 11 is 7.66. The van der Waals surface area contributed by atoms with Crippen LogP contribution in [0, 0.1) is 0 Å². The van der Waals surface area contributed by atoms with Crippen LogP contribution in [0.5, 0.6) is 5.75 Å². The lowest BCUT2D eigenvalue weighted by Crippen LogP contribution is -2.34. The van der Waals surface area contributed by atoms with Crippen molar-refractivity contribution in [1.29, 1.82) is 0 Å². The summed E-state index contributed by atoms with van der Waals surface area (Å²) in [7, 11) is 1.59. The number of methoxy groups -OCH3 is 1. The first-order chi connectivity index (χ1) is 9.53. The lowest BCUT2D eigenvalue weighted by Gasteiger charge is -2.23. The van der Waals surface area contributed by atoms with Gasteiger partial charge >= 0.3 is 0 Å². The molecule has 1 aromatic carbocycles. The zero-order chi connectivity index (χ0) is 14.6. The van der Waals surface area contributed by atoms with Crippen molar-refractivity contribution in [2.24, 2.45) is 0 Å². The highest BCUT2D eigenvalue weighted by molar-refractivity contribution is 7.08. The molecule has 5 heteroatoms. The third-order valence-corrected chi connectivity index (χ3v) is 4.14. The highest BCUT2D eigenvalue weighted by Crippen LogP contribution is 2.25. The largest absolute Gasteiger partial charge is 0.495 e. The Labute approximate surface area is 128 Å². The van der Waals surface area contributed by atoms with Crippen molar-refractivity contribution >= 4 is 22.9 Å². The highest BCUT2D eigenvalue weighted by atomic mass is 35.5. The zero-order valence-corrected chi connectivity index (χ0v) is 13.1. The number of ether oxygens (including phenoxy) is 1. The Hall–Kier alpha value is -1.07. The van der Waals surface area contributed by atoms with Gasteiger partial charge in [0.1, 0.15) is 5.75 Å². The van der Waals surface area contributed by atoms with Gasteiger partial charge in [0.05, 0.1) is 17.7 Å². The van der Waals surface area contributed by atoms with Crippen molar-refractivity contribution in [2.45, 2.75) is 19.1 Å². The average Bonchev–Trinajstić information content (AvgIpc) is 2.93. The molecule has 0 radical (unpaired) electrons. The first-order valence-electron chi connectivity index (χ1n) is 6.31. The molecule has 1 atom stereocenters. The number of hydrogen-bond donors (Lipinski definition) is 2. The maximum Gasteiger partial charge on any atom is 0.137 e. The van der Waals surface area contributed by atoms with Gasteiger partial charge in [-0.05, 0) is 47.0 Å². The van der Waals surface area contributed by atoms with E-state index in [0.717, 1.165) is 11.1 Å². The Morgan fingerprint density at radius 3 is 2.80 bits per heavy atom. The van der Waals surface area contributed by atoms with E-state index in [0.29, 0.717) is 23.9 Å². The van der Waals surface area contributed by atoms with Gasteiger partial charge in [0, 0.05) is 13.1 Å². The van der Waals surface area contributed by atoms with Crippen molar-refractivity contribution in [3.63, 3.8) is 0 Å². The van der Waals surface area contributed by atoms with Gasteiger partial charge in [0.15, 0.2) is 0 Å². The second-order valence-corrected chi connectivity index (χ2v) is 6.05. The molecular formula is C15H18ClNO2S. The molecule has 108 valence electrons. The second kappa shape index (κ2) is 6.59. The van der Waals surface area contributed by atoms with E-state index < -0.39 is 5.60 Å². The molecule has 1 heterocycles. The minimum absolute atomic E-state index is 0.480. The number of hydrogen-bond acceptors (Lipinski definition) is 4. The predicted octanol–water partition coefficient (Wildman–Crippen LogP) is 3.41. The molecule has 2 rings (SSSR count). The van der Waals surface area contributed by atoms with Crippen molar-refractivity contribution in [1.82, 2.24) is 5.32 Å². The first-order valence-corrected chi connectivity index (χ1v) is 7.63. The molecule has 0 bridgehead atoms. The van der Waals surface area contributed by atoms with Crippen molar-refractivity contribution in [3.8, 4) is 5.75 Å². The van der Waals surface area contributed by atoms with Gasteiger partial charge in [-0.15, -0.1) is 0 Å². The number of aliphatic hydroxyl groups is 1. The average molecular weight is 312 g/mol. The Kier molecular flexibility index (Phi) is 5.05. The molecule has 0 spiro atoms. The smallest absolute Gasteiger partial charge is 0.137 e. The van der Waals surface area contributed by atoms with E-state index in [-0.39, 0.29) is 0 Å². The topological polar surface area (TPSA) is 41.5 Å². The van der Waals surface area contributed by atoms with Crippen LogP contribution in [0.3, 0.4) is 0 Å². The molecule has 0 fully saturated rings. The minimum atomic E-state index is -0.865. The van der Waals surface area contributed by atoms with Crippen molar-refractivity contribution < 1.29 is 9.84 Å². The van der Waals surface area contributed by atoms with E-state index in [1.807, 2.05) is 41.9 Å². The summed E-state index contributed by atoms with van der Waals surface area (Å²) in [6.45, 7) is 2.93. The molecule has 2 aromatic rings. The van der Waals surface area contributed by atoms with Gasteiger partial charge in [0.25, 0.3) is 0 Å². The summed E-state index contributed by atoms with van der Waals surface area (Å²) < 4.78 is 5.12. The Balaban J connectivity index is 1.91. The van der Waals surface area contributed by atoms with E-state index in [2.05, 4.69) is 5.32 Å². The lowest BCUT2D eigenvalue weighted by atomic mass is 9.99. The number of thiophene rings is 1. The monoisotopic (exact) mass is 311 g/mol. The summed E-state index contributed by atoms with van der Waals surface area (Å²) in [6, 6.07) is 7.61. The molecule has 0 aliphatic carbocycles. The van der Waals surface area contributed by atoms with Gasteiger partial charge in [-0.25, -0.2) is 0 Å². The van der Waals surface area contributed by atoms with E-state index in [9.17, 15) is 5.11 Å². The van der Waals surface area contributed by atoms with Gasteiger partial charge in [-0.2, -0.15) is 11.3 Å². The Morgan fingerprint density at radius 1 is 1.40 bits per heavy atom. The maximum atomic E-state index is 10.4. The third-order valence-electron chi connectivity index (χ3n) is 3.16. The quantitative estimate of drug-likeness (QED) is 0.859. The molecule has 3 nitrogen and oxygen atoms in total. The summed E-state index contributed by atoms with van der Waals surface area (Å²) in [4.78, 5) is 0. The predicted molar refractivity (Wildman–Crippen MR) is 83.6 cm³/mol. The maximum absolute atomic E-state index is 10.4. The second-order valence-electron chi connectivity index (χ2n) is 4.86. The van der Waals surface area contributed by atoms with Crippen LogP contribution in [0.25, 0.3) is 0 Å². The van der Waals surface area contributed by atoms with Crippen LogP contribution in [0.15, 0.2) is 35.0 Å². The van der Waals surface area contributed by atoms with E-state index in [4.69, 9.17) is 16.3 Å². The number of nitrogens with one attached hydrogen (secondary N) is 1. The molecule has 1 aromatic heterocycles. The molecule has 0 saturated carbocycles. The number of halogens is 1. The van der Waals surface area contributed by atoms with E-state index in [1.165, 1.54) is 0 Å². The Bertz CT molecular complexity index is 555. The Morgan fingerprint density at radius 2 is 2.20 bits per heavy atom. The van der Waals surface area contributed by atoms with Crippen LogP contribution in [-0.2, 0) is 12.1 Å². The summed E-state index contributed by atoms with van der Waals surface area (Å²) in [5.74, 6) is 0.667. The highest BCUT2D eigenvalue weighted by Gasteiger charge is 2.22. The van der Waals surface area contributed by atoms with Crippen LogP contribution in [0.2, 0.25) is 5.02 Å². The summed E-state index contributed by atoms with van der Waals surface area (Å²) in [5, 5.41) is 18.2. The molecular weight excluding hydrogens is 294 g/mol.